The molecule has 0 saturated carbocycles. The normalized spacial score (nSPS) is 14.7. The van der Waals surface area contributed by atoms with E-state index in [9.17, 15) is 8.78 Å². The number of hydrogen-bond acceptors (Lipinski definition) is 2. The van der Waals surface area contributed by atoms with Gasteiger partial charge >= 0.3 is 0 Å². The Bertz CT molecular complexity index is 685. The molecule has 0 spiro atoms. The van der Waals surface area contributed by atoms with Gasteiger partial charge in [0.05, 0.1) is 12.6 Å². The zero-order valence-corrected chi connectivity index (χ0v) is 12.0. The third-order valence-corrected chi connectivity index (χ3v) is 3.92. The fourth-order valence-electron chi connectivity index (χ4n) is 2.77. The Balaban J connectivity index is 2.04. The summed E-state index contributed by atoms with van der Waals surface area (Å²) in [5.41, 5.74) is 2.65. The van der Waals surface area contributed by atoms with E-state index in [4.69, 9.17) is 4.74 Å². The van der Waals surface area contributed by atoms with Gasteiger partial charge in [-0.05, 0) is 48.9 Å². The first-order chi connectivity index (χ1) is 10.1. The molecule has 4 heteroatoms. The molecule has 0 aromatic heterocycles. The summed E-state index contributed by atoms with van der Waals surface area (Å²) >= 11 is 0. The van der Waals surface area contributed by atoms with E-state index >= 15 is 0 Å². The highest BCUT2D eigenvalue weighted by Gasteiger charge is 2.21. The van der Waals surface area contributed by atoms with E-state index in [1.54, 1.807) is 14.0 Å². The van der Waals surface area contributed by atoms with Crippen LogP contribution < -0.4 is 10.1 Å². The number of halogens is 2. The Kier molecular flexibility index (Phi) is 3.64. The predicted molar refractivity (Wildman–Crippen MR) is 77.6 cm³/mol. The van der Waals surface area contributed by atoms with Crippen LogP contribution in [0.4, 0.5) is 8.78 Å². The number of ether oxygens (including phenoxy) is 1. The fourth-order valence-corrected chi connectivity index (χ4v) is 2.77. The van der Waals surface area contributed by atoms with Crippen molar-refractivity contribution in [2.24, 2.45) is 0 Å². The van der Waals surface area contributed by atoms with Crippen molar-refractivity contribution in [1.29, 1.82) is 0 Å². The number of fused-ring (bicyclic) bond motifs is 1. The van der Waals surface area contributed by atoms with Gasteiger partial charge in [-0.3, -0.25) is 0 Å². The second-order valence-corrected chi connectivity index (χ2v) is 5.31. The van der Waals surface area contributed by atoms with Crippen LogP contribution in [0.5, 0.6) is 5.75 Å². The Labute approximate surface area is 122 Å². The first-order valence-electron chi connectivity index (χ1n) is 6.98. The molecule has 2 aromatic rings. The second-order valence-electron chi connectivity index (χ2n) is 5.31. The topological polar surface area (TPSA) is 21.3 Å². The smallest absolute Gasteiger partial charge is 0.128 e. The van der Waals surface area contributed by atoms with E-state index in [2.05, 4.69) is 5.32 Å². The number of hydrogen-bond donors (Lipinski definition) is 1. The summed E-state index contributed by atoms with van der Waals surface area (Å²) in [4.78, 5) is 0. The average molecular weight is 289 g/mol. The Morgan fingerprint density at radius 3 is 2.71 bits per heavy atom. The number of aryl methyl sites for hydroxylation is 1. The fraction of sp³-hybridized carbons (Fsp3) is 0.294. The van der Waals surface area contributed by atoms with Gasteiger partial charge in [0.25, 0.3) is 0 Å². The predicted octanol–water partition coefficient (Wildman–Crippen LogP) is 3.52. The highest BCUT2D eigenvalue weighted by atomic mass is 19.1. The summed E-state index contributed by atoms with van der Waals surface area (Å²) in [6.07, 6.45) is 0.852. The van der Waals surface area contributed by atoms with Gasteiger partial charge in [0, 0.05) is 12.0 Å². The van der Waals surface area contributed by atoms with Crippen LogP contribution in [0.3, 0.4) is 0 Å². The monoisotopic (exact) mass is 289 g/mol. The van der Waals surface area contributed by atoms with Gasteiger partial charge < -0.3 is 10.1 Å². The molecule has 110 valence electrons. The molecular weight excluding hydrogens is 272 g/mol. The molecule has 2 nitrogen and oxygen atoms in total. The first kappa shape index (κ1) is 14.0. The van der Waals surface area contributed by atoms with Gasteiger partial charge in [-0.2, -0.15) is 0 Å². The average Bonchev–Trinajstić information content (AvgIpc) is 2.92. The lowest BCUT2D eigenvalue weighted by molar-refractivity contribution is 0.357. The molecule has 2 aromatic carbocycles. The molecule has 0 aliphatic carbocycles. The minimum Gasteiger partial charge on any atom is -0.493 e. The van der Waals surface area contributed by atoms with Crippen molar-refractivity contribution in [2.75, 3.05) is 13.7 Å². The van der Waals surface area contributed by atoms with Crippen molar-refractivity contribution in [3.05, 3.63) is 64.2 Å². The summed E-state index contributed by atoms with van der Waals surface area (Å²) in [6, 6.07) is 7.92. The third-order valence-electron chi connectivity index (χ3n) is 3.92. The van der Waals surface area contributed by atoms with Crippen LogP contribution in [0.1, 0.15) is 28.3 Å². The summed E-state index contributed by atoms with van der Waals surface area (Å²) in [6.45, 7) is 2.24. The van der Waals surface area contributed by atoms with Gasteiger partial charge in [-0.1, -0.05) is 12.1 Å². The Morgan fingerprint density at radius 2 is 1.95 bits per heavy atom. The highest BCUT2D eigenvalue weighted by Crippen LogP contribution is 2.32. The van der Waals surface area contributed by atoms with E-state index < -0.39 is 11.6 Å². The molecule has 0 bridgehead atoms. The number of nitrogens with one attached hydrogen (secondary N) is 1. The lowest BCUT2D eigenvalue weighted by atomic mass is 9.95. The van der Waals surface area contributed by atoms with Crippen molar-refractivity contribution in [1.82, 2.24) is 5.32 Å². The summed E-state index contributed by atoms with van der Waals surface area (Å²) in [7, 11) is 1.74. The minimum atomic E-state index is -0.398. The first-order valence-corrected chi connectivity index (χ1v) is 6.98. The molecule has 0 amide bonds. The molecule has 1 unspecified atom stereocenters. The molecule has 1 atom stereocenters. The van der Waals surface area contributed by atoms with Crippen LogP contribution >= 0.6 is 0 Å². The SMILES string of the molecule is CNC(c1ccc2c(c1)CCO2)c1cc(F)c(C)cc1F. The van der Waals surface area contributed by atoms with Crippen LogP contribution in [0, 0.1) is 18.6 Å². The minimum absolute atomic E-state index is 0.313. The standard InChI is InChI=1S/C17H17F2NO/c1-10-7-15(19)13(9-14(10)18)17(20-2)12-3-4-16-11(8-12)5-6-21-16/h3-4,7-9,17,20H,5-6H2,1-2H3. The van der Waals surface area contributed by atoms with Gasteiger partial charge in [0.15, 0.2) is 0 Å². The molecule has 0 radical (unpaired) electrons. The van der Waals surface area contributed by atoms with E-state index in [1.165, 1.54) is 12.1 Å². The zero-order valence-electron chi connectivity index (χ0n) is 12.0. The maximum Gasteiger partial charge on any atom is 0.128 e. The van der Waals surface area contributed by atoms with Crippen molar-refractivity contribution in [2.45, 2.75) is 19.4 Å². The molecule has 3 rings (SSSR count). The molecule has 0 saturated heterocycles. The third kappa shape index (κ3) is 2.51. The van der Waals surface area contributed by atoms with E-state index in [-0.39, 0.29) is 6.04 Å². The molecule has 1 heterocycles. The van der Waals surface area contributed by atoms with Gasteiger partial charge in [-0.15, -0.1) is 0 Å². The van der Waals surface area contributed by atoms with Crippen LogP contribution in [0.2, 0.25) is 0 Å². The lowest BCUT2D eigenvalue weighted by Gasteiger charge is -2.19. The molecule has 1 aliphatic rings. The van der Waals surface area contributed by atoms with Crippen molar-refractivity contribution < 1.29 is 13.5 Å². The lowest BCUT2D eigenvalue weighted by Crippen LogP contribution is -2.19. The summed E-state index contributed by atoms with van der Waals surface area (Å²) < 4.78 is 33.4. The Morgan fingerprint density at radius 1 is 1.14 bits per heavy atom. The highest BCUT2D eigenvalue weighted by molar-refractivity contribution is 5.44. The maximum atomic E-state index is 14.2. The number of rotatable bonds is 3. The summed E-state index contributed by atoms with van der Waals surface area (Å²) in [5, 5.41) is 3.07. The van der Waals surface area contributed by atoms with E-state index in [1.807, 2.05) is 18.2 Å². The molecule has 1 aliphatic heterocycles. The van der Waals surface area contributed by atoms with E-state index in [0.717, 1.165) is 23.3 Å². The quantitative estimate of drug-likeness (QED) is 0.933. The zero-order chi connectivity index (χ0) is 15.0. The van der Waals surface area contributed by atoms with Crippen molar-refractivity contribution in [3.63, 3.8) is 0 Å². The van der Waals surface area contributed by atoms with E-state index in [0.29, 0.717) is 17.7 Å². The molecule has 0 fully saturated rings. The molecular formula is C17H17F2NO. The van der Waals surface area contributed by atoms with Gasteiger partial charge in [0.2, 0.25) is 0 Å². The Hall–Kier alpha value is -1.94. The largest absolute Gasteiger partial charge is 0.493 e. The molecule has 1 N–H and O–H groups in total. The number of benzene rings is 2. The summed E-state index contributed by atoms with van der Waals surface area (Å²) in [5.74, 6) is 0.0882. The molecule has 21 heavy (non-hydrogen) atoms. The van der Waals surface area contributed by atoms with Crippen molar-refractivity contribution in [3.8, 4) is 5.75 Å². The maximum absolute atomic E-state index is 14.2. The van der Waals surface area contributed by atoms with Crippen LogP contribution in [0.25, 0.3) is 0 Å². The van der Waals surface area contributed by atoms with Crippen LogP contribution in [-0.2, 0) is 6.42 Å². The van der Waals surface area contributed by atoms with Gasteiger partial charge in [-0.25, -0.2) is 8.78 Å². The van der Waals surface area contributed by atoms with Crippen LogP contribution in [0.15, 0.2) is 30.3 Å². The van der Waals surface area contributed by atoms with Crippen molar-refractivity contribution >= 4 is 0 Å². The van der Waals surface area contributed by atoms with Gasteiger partial charge in [0.1, 0.15) is 17.4 Å². The second kappa shape index (κ2) is 5.45. The van der Waals surface area contributed by atoms with Crippen LogP contribution in [-0.4, -0.2) is 13.7 Å².